The van der Waals surface area contributed by atoms with E-state index in [1.165, 1.54) is 130 Å². The molecular formula is C86H85BrCl2F5N23O16. The van der Waals surface area contributed by atoms with Crippen molar-refractivity contribution in [2.75, 3.05) is 6.54 Å². The van der Waals surface area contributed by atoms with E-state index in [-0.39, 0.29) is 121 Å². The smallest absolute Gasteiger partial charge is 0.446 e. The van der Waals surface area contributed by atoms with E-state index in [1.54, 1.807) is 105 Å². The van der Waals surface area contributed by atoms with Gasteiger partial charge >= 0.3 is 12.1 Å². The van der Waals surface area contributed by atoms with Gasteiger partial charge in [-0.2, -0.15) is 33.6 Å². The van der Waals surface area contributed by atoms with Gasteiger partial charge in [-0.1, -0.05) is 68.7 Å². The summed E-state index contributed by atoms with van der Waals surface area (Å²) in [4.78, 5) is 158. The fourth-order valence-electron chi connectivity index (χ4n) is 11.6. The van der Waals surface area contributed by atoms with Crippen LogP contribution in [0.15, 0.2) is 189 Å². The molecule has 0 aliphatic rings. The van der Waals surface area contributed by atoms with Crippen LogP contribution in [0.25, 0.3) is 43.6 Å². The molecule has 0 spiro atoms. The second-order valence-corrected chi connectivity index (χ2v) is 30.0. The Bertz CT molecular complexity index is 6320. The molecule has 0 fully saturated rings. The standard InChI is InChI=1S/C26H25ClFN7O4.C15H13N5O3.C14H11N5O4.C13H17ClFNO.C11H11N3O3.C4H3BrN2.C2HF3O.CH4/c1-15(2)34(12-22(36)32-9-16-4-3-5-20(27)24(16)28)23(37)13-35-21-7-6-17(39-18-10-30-14-31-11-18)8-19(21)25(33-35)26(29)38;1-9(21)7-20-13-3-2-10(23-11-5-17-8-18-6-11)4-12(13)14(19-20)15(16)22;15-14(22)13-10-3-8(23-9-4-16-7-17-5-9)1-2-11(10)19(18-13)6-12(20)21;1-9(2)6-7-12(17)16-8-10-4-3-5-11(14)13(10)15;1-6(15)5-14-9-3-2-7(16)4-8(9)10(13-14)11(12)17;5-4-1-6-3-7-2-4;3-2(4,5)1-6;/h3-8,10-11,14-15H,9,12-13H2,1-2H3,(H2,29,38)(H,32,36);2-6,8H,7H2,1H3,(H2,16,22);1-5,7H,6H2,(H2,15,22)(H,20,21);3-5,9H,6-8H2,1-2H3,(H,16,17);2-4,16H,5H2,1H3,(H2,12,17);1-3H;1H;1H4. The number of carboxylic acids is 1. The fraction of sp³-hybridized carbons (Fsp3) is 0.221. The maximum atomic E-state index is 14.1. The fourth-order valence-corrected chi connectivity index (χ4v) is 12.2. The van der Waals surface area contributed by atoms with Crippen LogP contribution in [-0.4, -0.2) is 178 Å². The molecule has 14 rings (SSSR count). The summed E-state index contributed by atoms with van der Waals surface area (Å²) in [6, 6.07) is 28.1. The minimum atomic E-state index is -4.64. The van der Waals surface area contributed by atoms with Crippen molar-refractivity contribution in [3.05, 3.63) is 244 Å². The van der Waals surface area contributed by atoms with E-state index in [0.29, 0.717) is 96.0 Å². The number of carboxylic acid groups (broad SMARTS) is 1. The molecule has 0 bridgehead atoms. The summed E-state index contributed by atoms with van der Waals surface area (Å²) in [6.45, 7) is 9.84. The number of nitrogens with one attached hydrogen (secondary N) is 2. The van der Waals surface area contributed by atoms with E-state index in [1.807, 2.05) is 0 Å². The molecule has 14 aromatic rings. The maximum Gasteiger partial charge on any atom is 0.446 e. The molecule has 39 nitrogen and oxygen atoms in total. The normalized spacial score (nSPS) is 10.6. The van der Waals surface area contributed by atoms with Gasteiger partial charge in [0.05, 0.1) is 93.4 Å². The summed E-state index contributed by atoms with van der Waals surface area (Å²) in [5.74, 6) is -3.08. The molecule has 133 heavy (non-hydrogen) atoms. The largest absolute Gasteiger partial charge is 0.508 e. The Balaban J connectivity index is 0.000000226. The number of halogens is 8. The number of phenols is 1. The highest BCUT2D eigenvalue weighted by Crippen LogP contribution is 2.32. The highest BCUT2D eigenvalue weighted by Gasteiger charge is 2.27. The number of ether oxygens (including phenoxy) is 3. The van der Waals surface area contributed by atoms with E-state index in [4.69, 9.17) is 70.2 Å². The van der Waals surface area contributed by atoms with Gasteiger partial charge in [-0.05, 0) is 141 Å². The number of rotatable bonds is 28. The number of Topliss-reactive ketones (excluding diaryl/α,β-unsaturated/α-hetero) is 2. The molecule has 0 saturated carbocycles. The molecule has 0 saturated heterocycles. The minimum Gasteiger partial charge on any atom is -0.508 e. The number of hydrogen-bond donors (Lipinski definition) is 8. The number of alkyl halides is 3. The number of nitrogens with two attached hydrogens (primary N) is 4. The highest BCUT2D eigenvalue weighted by molar-refractivity contribution is 9.10. The molecule has 8 aromatic heterocycles. The summed E-state index contributed by atoms with van der Waals surface area (Å²) in [5.41, 5.74) is 24.3. The van der Waals surface area contributed by atoms with Crippen molar-refractivity contribution < 1.29 is 99.1 Å². The first kappa shape index (κ1) is 104. The lowest BCUT2D eigenvalue weighted by Crippen LogP contribution is -2.45. The molecule has 0 unspecified atom stereocenters. The SMILES string of the molecule is Brc1cncnc1.C.CC(=O)Cn1nc(C(N)=O)c2cc(O)ccc21.CC(=O)Cn1nc(C(N)=O)c2cc(Oc3cncnc3)ccc21.CC(C)CCC(=O)NCc1cccc(Cl)c1F.CC(C)N(CC(=O)NCc1cccc(Cl)c1F)C(=O)Cn1nc(C(N)=O)c2cc(Oc3cncnc3)ccc21.NC(=O)c1nn(CC(=O)O)c2ccc(Oc3cncnc3)cc12.O=CC(F)(F)F. The zero-order chi connectivity index (χ0) is 96.6. The van der Waals surface area contributed by atoms with Gasteiger partial charge in [-0.15, -0.1) is 0 Å². The Hall–Kier alpha value is -15.8. The molecule has 696 valence electrons. The predicted molar refractivity (Wildman–Crippen MR) is 476 cm³/mol. The number of aldehydes is 1. The third-order valence-electron chi connectivity index (χ3n) is 17.4. The average Bonchev–Trinajstić information content (AvgIpc) is 1.66. The van der Waals surface area contributed by atoms with E-state index in [0.717, 1.165) is 10.9 Å². The van der Waals surface area contributed by atoms with E-state index < -0.39 is 65.5 Å². The van der Waals surface area contributed by atoms with Crippen LogP contribution in [0.4, 0.5) is 22.0 Å². The van der Waals surface area contributed by atoms with Crippen molar-refractivity contribution >= 4 is 148 Å². The Morgan fingerprint density at radius 3 is 1.12 bits per heavy atom. The van der Waals surface area contributed by atoms with Gasteiger partial charge < -0.3 is 62.9 Å². The highest BCUT2D eigenvalue weighted by atomic mass is 79.9. The topological polar surface area (TPSA) is 562 Å². The van der Waals surface area contributed by atoms with Crippen LogP contribution in [0.3, 0.4) is 0 Å². The number of aliphatic carboxylic acids is 1. The molecule has 8 heterocycles. The Kier molecular flexibility index (Phi) is 38.9. The van der Waals surface area contributed by atoms with Crippen molar-refractivity contribution in [2.24, 2.45) is 28.9 Å². The summed E-state index contributed by atoms with van der Waals surface area (Å²) in [5, 5.41) is 41.7. The number of carbonyl (C=O) groups excluding carboxylic acids is 10. The number of phenolic OH excluding ortho intramolecular Hbond substituents is 1. The summed E-state index contributed by atoms with van der Waals surface area (Å²) >= 11 is 14.6. The van der Waals surface area contributed by atoms with Crippen molar-refractivity contribution in [1.29, 1.82) is 0 Å². The number of nitrogens with zero attached hydrogens (tertiary/aromatic N) is 17. The van der Waals surface area contributed by atoms with Crippen molar-refractivity contribution in [2.45, 2.75) is 113 Å². The van der Waals surface area contributed by atoms with Crippen LogP contribution in [0.1, 0.15) is 115 Å². The predicted octanol–water partition coefficient (Wildman–Crippen LogP) is 11.8. The molecule has 0 aliphatic heterocycles. The minimum absolute atomic E-state index is 0. The molecule has 47 heteroatoms. The number of hydrogen-bond acceptors (Lipinski definition) is 27. The van der Waals surface area contributed by atoms with Crippen LogP contribution in [0.5, 0.6) is 40.2 Å². The molecular weight excluding hydrogens is 1860 g/mol. The van der Waals surface area contributed by atoms with Gasteiger partial charge in [0.15, 0.2) is 51.6 Å². The molecule has 6 aromatic carbocycles. The van der Waals surface area contributed by atoms with Crippen LogP contribution >= 0.6 is 39.1 Å². The van der Waals surface area contributed by atoms with Crippen LogP contribution in [0, 0.1) is 17.6 Å². The Morgan fingerprint density at radius 2 is 0.812 bits per heavy atom. The first-order valence-electron chi connectivity index (χ1n) is 38.7. The zero-order valence-electron chi connectivity index (χ0n) is 70.5. The lowest BCUT2D eigenvalue weighted by atomic mass is 10.1. The second-order valence-electron chi connectivity index (χ2n) is 28.3. The second kappa shape index (κ2) is 49.7. The third kappa shape index (κ3) is 31.8. The maximum absolute atomic E-state index is 14.1. The van der Waals surface area contributed by atoms with E-state index in [9.17, 15) is 75.0 Å². The molecule has 7 amide bonds. The summed E-state index contributed by atoms with van der Waals surface area (Å²) in [6.07, 6.45) is 13.6. The van der Waals surface area contributed by atoms with Gasteiger partial charge in [0.25, 0.3) is 23.6 Å². The molecule has 0 atom stereocenters. The van der Waals surface area contributed by atoms with Crippen LogP contribution in [-0.2, 0) is 72.8 Å². The monoisotopic (exact) mass is 1940 g/mol. The lowest BCUT2D eigenvalue weighted by Gasteiger charge is -2.26. The third-order valence-corrected chi connectivity index (χ3v) is 18.3. The Morgan fingerprint density at radius 1 is 0.489 bits per heavy atom. The summed E-state index contributed by atoms with van der Waals surface area (Å²) in [7, 11) is 0. The van der Waals surface area contributed by atoms with Gasteiger partial charge in [0.2, 0.25) is 24.0 Å². The number of benzene rings is 6. The molecule has 0 aliphatic carbocycles. The zero-order valence-corrected chi connectivity index (χ0v) is 73.6. The average molecular weight is 1940 g/mol. The van der Waals surface area contributed by atoms with Gasteiger partial charge in [0.1, 0.15) is 73.0 Å². The van der Waals surface area contributed by atoms with Crippen molar-refractivity contribution in [3.63, 3.8) is 0 Å². The van der Waals surface area contributed by atoms with E-state index in [2.05, 4.69) is 101 Å². The van der Waals surface area contributed by atoms with E-state index >= 15 is 0 Å². The number of ketones is 2. The number of carbonyl (C=O) groups is 11. The quantitative estimate of drug-likeness (QED) is 0.0167. The molecule has 12 N–H and O–H groups in total. The summed E-state index contributed by atoms with van der Waals surface area (Å²) < 4.78 is 82.1. The van der Waals surface area contributed by atoms with Gasteiger partial charge in [-0.25, -0.2) is 48.7 Å². The number of primary amides is 4. The number of amides is 7. The van der Waals surface area contributed by atoms with Crippen molar-refractivity contribution in [3.8, 4) is 40.2 Å². The van der Waals surface area contributed by atoms with Crippen LogP contribution in [0.2, 0.25) is 10.0 Å². The first-order chi connectivity index (χ1) is 62.7. The number of fused-ring (bicyclic) bond motifs is 4. The lowest BCUT2D eigenvalue weighted by molar-refractivity contribution is -0.156. The Labute approximate surface area is 770 Å². The van der Waals surface area contributed by atoms with Crippen LogP contribution < -0.4 is 47.8 Å². The molecule has 0 radical (unpaired) electrons. The van der Waals surface area contributed by atoms with Gasteiger partial charge in [0, 0.05) is 70.6 Å². The van der Waals surface area contributed by atoms with Crippen molar-refractivity contribution in [1.82, 2.24) is 94.5 Å². The first-order valence-corrected chi connectivity index (χ1v) is 40.2. The number of aromatic nitrogens is 16. The van der Waals surface area contributed by atoms with Gasteiger partial charge in [-0.3, -0.25) is 71.5 Å². The number of aromatic hydroxyl groups is 1.